The SMILES string of the molecule is COc1ccc(-c2nc(-c3ccco3)no2)c(O)c1. The van der Waals surface area contributed by atoms with Gasteiger partial charge in [-0.15, -0.1) is 0 Å². The minimum absolute atomic E-state index is 0.00833. The van der Waals surface area contributed by atoms with Crippen molar-refractivity contribution in [2.75, 3.05) is 7.11 Å². The predicted octanol–water partition coefficient (Wildman–Crippen LogP) is 2.71. The van der Waals surface area contributed by atoms with E-state index in [1.165, 1.54) is 19.4 Å². The Labute approximate surface area is 108 Å². The Hall–Kier alpha value is -2.76. The van der Waals surface area contributed by atoms with Crippen molar-refractivity contribution in [3.05, 3.63) is 36.6 Å². The molecule has 0 radical (unpaired) electrons. The summed E-state index contributed by atoms with van der Waals surface area (Å²) in [7, 11) is 1.52. The molecular weight excluding hydrogens is 248 g/mol. The highest BCUT2D eigenvalue weighted by Gasteiger charge is 2.15. The summed E-state index contributed by atoms with van der Waals surface area (Å²) in [6.45, 7) is 0. The van der Waals surface area contributed by atoms with E-state index in [4.69, 9.17) is 13.7 Å². The molecule has 1 N–H and O–H groups in total. The summed E-state index contributed by atoms with van der Waals surface area (Å²) in [6, 6.07) is 8.28. The van der Waals surface area contributed by atoms with E-state index in [0.29, 0.717) is 22.9 Å². The van der Waals surface area contributed by atoms with Gasteiger partial charge in [-0.3, -0.25) is 0 Å². The van der Waals surface area contributed by atoms with Crippen LogP contribution < -0.4 is 4.74 Å². The van der Waals surface area contributed by atoms with Gasteiger partial charge in [-0.1, -0.05) is 5.16 Å². The van der Waals surface area contributed by atoms with Gasteiger partial charge in [-0.25, -0.2) is 0 Å². The molecule has 96 valence electrons. The van der Waals surface area contributed by atoms with Gasteiger partial charge in [0, 0.05) is 6.07 Å². The highest BCUT2D eigenvalue weighted by Crippen LogP contribution is 2.32. The zero-order valence-electron chi connectivity index (χ0n) is 10.0. The zero-order valence-corrected chi connectivity index (χ0v) is 10.0. The molecular formula is C13H10N2O4. The van der Waals surface area contributed by atoms with Gasteiger partial charge >= 0.3 is 0 Å². The monoisotopic (exact) mass is 258 g/mol. The van der Waals surface area contributed by atoms with Crippen molar-refractivity contribution < 1.29 is 18.8 Å². The maximum Gasteiger partial charge on any atom is 0.262 e. The van der Waals surface area contributed by atoms with E-state index in [2.05, 4.69) is 10.1 Å². The first-order valence-electron chi connectivity index (χ1n) is 5.53. The van der Waals surface area contributed by atoms with Crippen LogP contribution in [-0.2, 0) is 0 Å². The Morgan fingerprint density at radius 3 is 2.84 bits per heavy atom. The Morgan fingerprint density at radius 2 is 2.16 bits per heavy atom. The molecule has 0 aliphatic carbocycles. The zero-order chi connectivity index (χ0) is 13.2. The van der Waals surface area contributed by atoms with Crippen molar-refractivity contribution in [1.82, 2.24) is 10.1 Å². The fourth-order valence-electron chi connectivity index (χ4n) is 1.66. The van der Waals surface area contributed by atoms with Gasteiger partial charge in [0.15, 0.2) is 5.76 Å². The summed E-state index contributed by atoms with van der Waals surface area (Å²) in [5.74, 6) is 1.60. The average molecular weight is 258 g/mol. The number of aromatic nitrogens is 2. The van der Waals surface area contributed by atoms with Gasteiger partial charge in [-0.05, 0) is 24.3 Å². The molecule has 2 heterocycles. The molecule has 19 heavy (non-hydrogen) atoms. The molecule has 0 spiro atoms. The molecule has 0 fully saturated rings. The highest BCUT2D eigenvalue weighted by atomic mass is 16.5. The van der Waals surface area contributed by atoms with E-state index in [1.807, 2.05) is 0 Å². The summed E-state index contributed by atoms with van der Waals surface area (Å²) in [4.78, 5) is 4.17. The van der Waals surface area contributed by atoms with Crippen LogP contribution in [0.15, 0.2) is 45.5 Å². The lowest BCUT2D eigenvalue weighted by molar-refractivity contribution is 0.405. The molecule has 6 nitrogen and oxygen atoms in total. The van der Waals surface area contributed by atoms with Gasteiger partial charge in [-0.2, -0.15) is 4.98 Å². The second kappa shape index (κ2) is 4.49. The smallest absolute Gasteiger partial charge is 0.262 e. The molecule has 2 aromatic heterocycles. The number of nitrogens with zero attached hydrogens (tertiary/aromatic N) is 2. The lowest BCUT2D eigenvalue weighted by Gasteiger charge is -2.02. The van der Waals surface area contributed by atoms with Crippen molar-refractivity contribution in [3.8, 4) is 34.5 Å². The molecule has 3 aromatic rings. The quantitative estimate of drug-likeness (QED) is 0.777. The van der Waals surface area contributed by atoms with Crippen molar-refractivity contribution in [1.29, 1.82) is 0 Å². The van der Waals surface area contributed by atoms with E-state index >= 15 is 0 Å². The van der Waals surface area contributed by atoms with E-state index in [1.54, 1.807) is 24.3 Å². The highest BCUT2D eigenvalue weighted by molar-refractivity contribution is 5.65. The van der Waals surface area contributed by atoms with Crippen LogP contribution in [-0.4, -0.2) is 22.4 Å². The van der Waals surface area contributed by atoms with E-state index < -0.39 is 0 Å². The molecule has 1 aromatic carbocycles. The third-order valence-electron chi connectivity index (χ3n) is 2.60. The molecule has 0 aliphatic rings. The van der Waals surface area contributed by atoms with Crippen LogP contribution in [0.4, 0.5) is 0 Å². The largest absolute Gasteiger partial charge is 0.507 e. The Morgan fingerprint density at radius 1 is 1.26 bits per heavy atom. The molecule has 0 aliphatic heterocycles. The summed E-state index contributed by atoms with van der Waals surface area (Å²) in [6.07, 6.45) is 1.52. The topological polar surface area (TPSA) is 81.5 Å². The van der Waals surface area contributed by atoms with Gasteiger partial charge in [0.05, 0.1) is 18.9 Å². The summed E-state index contributed by atoms with van der Waals surface area (Å²) in [5, 5.41) is 13.7. The first-order chi connectivity index (χ1) is 9.28. The minimum atomic E-state index is 0.00833. The second-order valence-corrected chi connectivity index (χ2v) is 3.78. The van der Waals surface area contributed by atoms with Gasteiger partial charge in [0.1, 0.15) is 11.5 Å². The van der Waals surface area contributed by atoms with Gasteiger partial charge in [0.25, 0.3) is 5.89 Å². The van der Waals surface area contributed by atoms with E-state index in [9.17, 15) is 5.11 Å². The summed E-state index contributed by atoms with van der Waals surface area (Å²) in [5.41, 5.74) is 0.436. The number of rotatable bonds is 3. The van der Waals surface area contributed by atoms with Crippen LogP contribution in [0, 0.1) is 0 Å². The Balaban J connectivity index is 1.99. The lowest BCUT2D eigenvalue weighted by atomic mass is 10.2. The van der Waals surface area contributed by atoms with Crippen molar-refractivity contribution in [3.63, 3.8) is 0 Å². The van der Waals surface area contributed by atoms with E-state index in [-0.39, 0.29) is 11.6 Å². The molecule has 3 rings (SSSR count). The number of methoxy groups -OCH3 is 1. The number of phenols is 1. The fourth-order valence-corrected chi connectivity index (χ4v) is 1.66. The molecule has 0 saturated carbocycles. The number of furan rings is 1. The number of ether oxygens (including phenoxy) is 1. The molecule has 0 amide bonds. The lowest BCUT2D eigenvalue weighted by Crippen LogP contribution is -1.84. The third kappa shape index (κ3) is 2.03. The van der Waals surface area contributed by atoms with Crippen LogP contribution in [0.1, 0.15) is 0 Å². The first kappa shape index (κ1) is 11.3. The maximum atomic E-state index is 9.88. The number of phenolic OH excluding ortho intramolecular Hbond substituents is 1. The van der Waals surface area contributed by atoms with Crippen LogP contribution >= 0.6 is 0 Å². The fraction of sp³-hybridized carbons (Fsp3) is 0.0769. The summed E-state index contributed by atoms with van der Waals surface area (Å²) >= 11 is 0. The van der Waals surface area contributed by atoms with E-state index in [0.717, 1.165) is 0 Å². The standard InChI is InChI=1S/C13H10N2O4/c1-17-8-4-5-9(10(16)7-8)13-14-12(15-19-13)11-3-2-6-18-11/h2-7,16H,1H3. The van der Waals surface area contributed by atoms with Crippen molar-refractivity contribution in [2.45, 2.75) is 0 Å². The van der Waals surface area contributed by atoms with Crippen LogP contribution in [0.5, 0.6) is 11.5 Å². The van der Waals surface area contributed by atoms with Crippen LogP contribution in [0.2, 0.25) is 0 Å². The Kier molecular flexibility index (Phi) is 2.68. The predicted molar refractivity (Wildman–Crippen MR) is 65.7 cm³/mol. The van der Waals surface area contributed by atoms with Crippen LogP contribution in [0.3, 0.4) is 0 Å². The number of hydrogen-bond acceptors (Lipinski definition) is 6. The molecule has 0 atom stereocenters. The number of aromatic hydroxyl groups is 1. The van der Waals surface area contributed by atoms with Gasteiger partial charge < -0.3 is 18.8 Å². The third-order valence-corrected chi connectivity index (χ3v) is 2.60. The number of hydrogen-bond donors (Lipinski definition) is 1. The minimum Gasteiger partial charge on any atom is -0.507 e. The van der Waals surface area contributed by atoms with Crippen molar-refractivity contribution >= 4 is 0 Å². The molecule has 0 unspecified atom stereocenters. The molecule has 0 bridgehead atoms. The Bertz CT molecular complexity index is 688. The normalized spacial score (nSPS) is 10.6. The molecule has 6 heteroatoms. The molecule has 0 saturated heterocycles. The maximum absolute atomic E-state index is 9.88. The van der Waals surface area contributed by atoms with Gasteiger partial charge in [0.2, 0.25) is 5.82 Å². The second-order valence-electron chi connectivity index (χ2n) is 3.78. The summed E-state index contributed by atoms with van der Waals surface area (Å²) < 4.78 is 15.3. The first-order valence-corrected chi connectivity index (χ1v) is 5.53. The number of benzene rings is 1. The van der Waals surface area contributed by atoms with Crippen LogP contribution in [0.25, 0.3) is 23.0 Å². The van der Waals surface area contributed by atoms with Crippen molar-refractivity contribution in [2.24, 2.45) is 0 Å². The average Bonchev–Trinajstić information content (AvgIpc) is 3.09.